The van der Waals surface area contributed by atoms with E-state index >= 15 is 5.11 Å². The molecule has 0 amide bonds. The first-order valence-electron chi connectivity index (χ1n) is 38.7. The molecule has 119 heavy (non-hydrogen) atoms. The number of phenolic OH excluding ortho intramolecular Hbond substituents is 18. The van der Waals surface area contributed by atoms with Gasteiger partial charge in [-0.05, 0) is 211 Å². The SMILES string of the molecule is Oc1ccc(C2Oc3cc(O)cc(C4c5c(O)c(C(c6ccc(O)cc6)C6c7ccc(O)c(O)c7C(c7ccc(O)cc7)C6c6cc(O)cc7c6C(c6cc(O)cc(O)c6)C(c6ccc(O)cc6)O7)c6c7c5C(C(c5ccc(O)cc5)c5c(O)cc(O)cc5C7C(c5ccc(O)cc5)O6)C4c4ccc(O)cc4)c3C2c2cc(O)cc(O)c2)cc1. The quantitative estimate of drug-likeness (QED) is 0.0477. The first-order valence-corrected chi connectivity index (χ1v) is 38.7. The average molecular weight is 1590 g/mol. The molecule has 18 N–H and O–H groups in total. The van der Waals surface area contributed by atoms with E-state index in [9.17, 15) is 86.8 Å². The number of fused-ring (bicyclic) bond motifs is 5. The zero-order valence-corrected chi connectivity index (χ0v) is 62.6. The van der Waals surface area contributed by atoms with Crippen molar-refractivity contribution in [2.45, 2.75) is 83.4 Å². The molecule has 0 aromatic heterocycles. The minimum Gasteiger partial charge on any atom is -0.508 e. The Morgan fingerprint density at radius 1 is 0.210 bits per heavy atom. The number of benzene rings is 14. The fourth-order valence-corrected chi connectivity index (χ4v) is 21.0. The summed E-state index contributed by atoms with van der Waals surface area (Å²) in [4.78, 5) is 0. The third-order valence-corrected chi connectivity index (χ3v) is 25.3. The summed E-state index contributed by atoms with van der Waals surface area (Å²) in [5.41, 5.74) is 7.49. The molecule has 6 aliphatic rings. The number of ether oxygens (including phenoxy) is 3. The molecule has 0 radical (unpaired) electrons. The summed E-state index contributed by atoms with van der Waals surface area (Å²) in [5, 5.41) is 218. The summed E-state index contributed by atoms with van der Waals surface area (Å²) in [6.07, 6.45) is -3.35. The lowest BCUT2D eigenvalue weighted by Gasteiger charge is -2.36. The second kappa shape index (κ2) is 27.3. The van der Waals surface area contributed by atoms with E-state index in [2.05, 4.69) is 0 Å². The lowest BCUT2D eigenvalue weighted by molar-refractivity contribution is 0.218. The molecule has 14 unspecified atom stereocenters. The van der Waals surface area contributed by atoms with Crippen molar-refractivity contribution in [3.8, 4) is 121 Å². The molecule has 3 aliphatic carbocycles. The summed E-state index contributed by atoms with van der Waals surface area (Å²) < 4.78 is 22.2. The van der Waals surface area contributed by atoms with E-state index in [-0.39, 0.29) is 126 Å². The van der Waals surface area contributed by atoms with Gasteiger partial charge in [0.15, 0.2) is 11.5 Å². The van der Waals surface area contributed by atoms with Crippen LogP contribution in [0.15, 0.2) is 255 Å². The van der Waals surface area contributed by atoms with Crippen molar-refractivity contribution in [3.05, 3.63) is 372 Å². The van der Waals surface area contributed by atoms with Crippen molar-refractivity contribution in [2.75, 3.05) is 0 Å². The van der Waals surface area contributed by atoms with E-state index in [0.717, 1.165) is 0 Å². The van der Waals surface area contributed by atoms with E-state index < -0.39 is 101 Å². The van der Waals surface area contributed by atoms with Crippen LogP contribution < -0.4 is 14.2 Å². The van der Waals surface area contributed by atoms with Gasteiger partial charge in [-0.3, -0.25) is 0 Å². The molecule has 3 heterocycles. The Morgan fingerprint density at radius 2 is 0.588 bits per heavy atom. The van der Waals surface area contributed by atoms with Gasteiger partial charge in [-0.15, -0.1) is 0 Å². The van der Waals surface area contributed by atoms with Crippen LogP contribution in [0, 0.1) is 0 Å². The van der Waals surface area contributed by atoms with Gasteiger partial charge in [-0.2, -0.15) is 0 Å². The number of hydrogen-bond donors (Lipinski definition) is 18. The Hall–Kier alpha value is -15.1. The Bertz CT molecular complexity index is 6410. The highest BCUT2D eigenvalue weighted by Crippen LogP contribution is 2.76. The molecule has 0 spiro atoms. The van der Waals surface area contributed by atoms with E-state index in [1.165, 1.54) is 146 Å². The molecule has 592 valence electrons. The highest BCUT2D eigenvalue weighted by Gasteiger charge is 2.61. The predicted molar refractivity (Wildman–Crippen MR) is 434 cm³/mol. The molecule has 3 aliphatic heterocycles. The molecular formula is C98H74O21. The Kier molecular flexibility index (Phi) is 16.7. The van der Waals surface area contributed by atoms with Gasteiger partial charge < -0.3 is 106 Å². The smallest absolute Gasteiger partial charge is 0.161 e. The van der Waals surface area contributed by atoms with Crippen molar-refractivity contribution in [3.63, 3.8) is 0 Å². The maximum Gasteiger partial charge on any atom is 0.161 e. The monoisotopic (exact) mass is 1590 g/mol. The second-order valence-corrected chi connectivity index (χ2v) is 31.9. The van der Waals surface area contributed by atoms with Gasteiger partial charge in [0.1, 0.15) is 128 Å². The summed E-state index contributed by atoms with van der Waals surface area (Å²) >= 11 is 0. The van der Waals surface area contributed by atoms with Gasteiger partial charge in [0.05, 0.1) is 17.8 Å². The van der Waals surface area contributed by atoms with Crippen molar-refractivity contribution >= 4 is 0 Å². The maximum atomic E-state index is 15.8. The van der Waals surface area contributed by atoms with Crippen LogP contribution in [-0.4, -0.2) is 91.9 Å². The first-order chi connectivity index (χ1) is 57.4. The van der Waals surface area contributed by atoms with Gasteiger partial charge in [-0.1, -0.05) is 91.0 Å². The standard InChI is InChI=1S/C98H74O21/c99-52-15-1-43(2-16-52)74-80-67(37-63(110)40-71(80)114)87-91-89-88(74)76(45-5-19-54(101)20-6-45)85(69-39-65(112)42-73-82(69)79(51-33-61(108)36-62(109)34-51)96(118-73)48-11-25-57(104)26-12-48)90(89)94(116)92(98(91)119-97(87)49-13-27-58(105)28-14-49)77(46-7-21-55(102)22-8-46)83-66-29-30-70(113)93(115)86(66)75(44-3-17-53(100)18-4-44)84(83)68-38-64(111)41-72-81(68)78(50-31-59(106)35-60(107)32-50)95(117-72)47-9-23-56(103)24-10-47/h1-42,74-79,83-85,87-88,95-97,99-116H. The summed E-state index contributed by atoms with van der Waals surface area (Å²) in [7, 11) is 0. The molecule has 0 fully saturated rings. The lowest BCUT2D eigenvalue weighted by atomic mass is 9.66. The zero-order valence-electron chi connectivity index (χ0n) is 62.6. The Morgan fingerprint density at radius 3 is 1.05 bits per heavy atom. The number of rotatable bonds is 13. The summed E-state index contributed by atoms with van der Waals surface area (Å²) in [5.74, 6) is -17.6. The highest BCUT2D eigenvalue weighted by atomic mass is 16.5. The van der Waals surface area contributed by atoms with Gasteiger partial charge in [0.2, 0.25) is 0 Å². The molecule has 14 aromatic rings. The van der Waals surface area contributed by atoms with Crippen molar-refractivity contribution in [1.82, 2.24) is 0 Å². The van der Waals surface area contributed by atoms with E-state index in [4.69, 9.17) is 14.2 Å². The van der Waals surface area contributed by atoms with Crippen LogP contribution in [0.5, 0.6) is 121 Å². The maximum absolute atomic E-state index is 15.8. The topological polar surface area (TPSA) is 392 Å². The van der Waals surface area contributed by atoms with Gasteiger partial charge in [0, 0.05) is 117 Å². The molecular weight excluding hydrogens is 1510 g/mol. The predicted octanol–water partition coefficient (Wildman–Crippen LogP) is 18.2. The van der Waals surface area contributed by atoms with Crippen LogP contribution in [0.3, 0.4) is 0 Å². The fourth-order valence-electron chi connectivity index (χ4n) is 21.0. The summed E-state index contributed by atoms with van der Waals surface area (Å²) in [6, 6.07) is 64.5. The van der Waals surface area contributed by atoms with Crippen molar-refractivity contribution in [2.24, 2.45) is 0 Å². The van der Waals surface area contributed by atoms with E-state index in [0.29, 0.717) is 94.6 Å². The van der Waals surface area contributed by atoms with Crippen LogP contribution in [0.25, 0.3) is 0 Å². The molecule has 20 rings (SSSR count). The van der Waals surface area contributed by atoms with Crippen LogP contribution in [0.1, 0.15) is 200 Å². The minimum absolute atomic E-state index is 0.0358. The lowest BCUT2D eigenvalue weighted by Crippen LogP contribution is -2.22. The van der Waals surface area contributed by atoms with E-state index in [1.807, 2.05) is 0 Å². The first kappa shape index (κ1) is 72.8. The zero-order chi connectivity index (χ0) is 82.2. The molecule has 21 heteroatoms. The molecule has 0 saturated carbocycles. The fraction of sp³-hybridized carbons (Fsp3) is 0.143. The van der Waals surface area contributed by atoms with Crippen LogP contribution in [-0.2, 0) is 0 Å². The van der Waals surface area contributed by atoms with Crippen LogP contribution in [0.4, 0.5) is 0 Å². The Balaban J connectivity index is 0.967. The third kappa shape index (κ3) is 11.6. The highest BCUT2D eigenvalue weighted by molar-refractivity contribution is 5.79. The molecule has 14 atom stereocenters. The normalized spacial score (nSPS) is 22.1. The van der Waals surface area contributed by atoms with Gasteiger partial charge in [-0.25, -0.2) is 0 Å². The van der Waals surface area contributed by atoms with E-state index in [1.54, 1.807) is 109 Å². The largest absolute Gasteiger partial charge is 0.508 e. The molecule has 21 nitrogen and oxygen atoms in total. The molecule has 0 saturated heterocycles. The molecule has 0 bridgehead atoms. The minimum atomic E-state index is -1.42. The van der Waals surface area contributed by atoms with Crippen LogP contribution in [0.2, 0.25) is 0 Å². The second-order valence-electron chi connectivity index (χ2n) is 31.9. The summed E-state index contributed by atoms with van der Waals surface area (Å²) in [6.45, 7) is 0. The average Bonchev–Trinajstić information content (AvgIpc) is 1.50. The van der Waals surface area contributed by atoms with Crippen molar-refractivity contribution in [1.29, 1.82) is 0 Å². The van der Waals surface area contributed by atoms with Crippen molar-refractivity contribution < 1.29 is 106 Å². The van der Waals surface area contributed by atoms with Gasteiger partial charge >= 0.3 is 0 Å². The number of phenols is 18. The molecule has 14 aromatic carbocycles. The third-order valence-electron chi connectivity index (χ3n) is 25.3. The van der Waals surface area contributed by atoms with Gasteiger partial charge in [0.25, 0.3) is 0 Å². The Labute approximate surface area is 678 Å². The number of aromatic hydroxyl groups is 18. The van der Waals surface area contributed by atoms with Crippen LogP contribution >= 0.6 is 0 Å². The number of hydrogen-bond acceptors (Lipinski definition) is 21.